The zero-order valence-corrected chi connectivity index (χ0v) is 7.82. The zero-order valence-electron chi connectivity index (χ0n) is 5.55. The Hall–Kier alpha value is -0.450. The molecule has 4 nitrogen and oxygen atoms in total. The molecule has 0 aromatic carbocycles. The minimum atomic E-state index is -1.67. The van der Waals surface area contributed by atoms with E-state index in [0.29, 0.717) is 0 Å². The van der Waals surface area contributed by atoms with E-state index in [1.165, 1.54) is 6.20 Å². The van der Waals surface area contributed by atoms with Gasteiger partial charge in [-0.15, -0.1) is 0 Å². The molecule has 1 heterocycles. The summed E-state index contributed by atoms with van der Waals surface area (Å²) in [6.45, 7) is 0.227. The molecule has 0 aliphatic rings. The number of H-pyrrole nitrogens is 1. The van der Waals surface area contributed by atoms with Gasteiger partial charge in [0.25, 0.3) is 6.47 Å². The first-order valence-corrected chi connectivity index (χ1v) is 3.90. The standard InChI is InChI=1S/C5H3Cl3N2O2/c6-5(7,8)4-3(12-2-11)1-9-10-4/h1-2H,(H,9,10). The summed E-state index contributed by atoms with van der Waals surface area (Å²) in [6.07, 6.45) is 1.24. The van der Waals surface area contributed by atoms with Gasteiger partial charge in [0.1, 0.15) is 5.69 Å². The van der Waals surface area contributed by atoms with E-state index >= 15 is 0 Å². The second-order valence-electron chi connectivity index (χ2n) is 1.82. The molecule has 0 bridgehead atoms. The Bertz CT molecular complexity index is 280. The number of nitrogens with zero attached hydrogens (tertiary/aromatic N) is 1. The predicted molar refractivity (Wildman–Crippen MR) is 44.5 cm³/mol. The second-order valence-corrected chi connectivity index (χ2v) is 4.10. The zero-order chi connectivity index (χ0) is 9.19. The molecule has 0 fully saturated rings. The largest absolute Gasteiger partial charge is 0.425 e. The Balaban J connectivity index is 2.99. The number of rotatable bonds is 2. The van der Waals surface area contributed by atoms with Crippen LogP contribution in [0.2, 0.25) is 0 Å². The van der Waals surface area contributed by atoms with Gasteiger partial charge < -0.3 is 4.74 Å². The average molecular weight is 229 g/mol. The van der Waals surface area contributed by atoms with Crippen LogP contribution in [-0.4, -0.2) is 16.7 Å². The summed E-state index contributed by atoms with van der Waals surface area (Å²) in [5.74, 6) is 0.102. The van der Waals surface area contributed by atoms with Crippen molar-refractivity contribution in [3.63, 3.8) is 0 Å². The van der Waals surface area contributed by atoms with Crippen molar-refractivity contribution in [2.75, 3.05) is 0 Å². The fourth-order valence-corrected chi connectivity index (χ4v) is 1.03. The quantitative estimate of drug-likeness (QED) is 0.621. The minimum Gasteiger partial charge on any atom is -0.425 e. The van der Waals surface area contributed by atoms with E-state index < -0.39 is 3.79 Å². The predicted octanol–water partition coefficient (Wildman–Crippen LogP) is 1.77. The number of ether oxygens (including phenoxy) is 1. The molecule has 0 radical (unpaired) electrons. The van der Waals surface area contributed by atoms with Crippen molar-refractivity contribution in [1.82, 2.24) is 10.2 Å². The van der Waals surface area contributed by atoms with E-state index in [4.69, 9.17) is 34.8 Å². The molecule has 1 aromatic rings. The molecule has 0 saturated heterocycles. The molecule has 1 N–H and O–H groups in total. The Labute approximate surface area is 82.7 Å². The molecule has 0 spiro atoms. The lowest BCUT2D eigenvalue weighted by atomic mass is 10.4. The molecule has 7 heteroatoms. The number of carbonyl (C=O) groups excluding carboxylic acids is 1. The number of alkyl halides is 3. The first-order valence-electron chi connectivity index (χ1n) is 2.76. The molecule has 1 rings (SSSR count). The van der Waals surface area contributed by atoms with Crippen LogP contribution in [0, 0.1) is 0 Å². The maximum Gasteiger partial charge on any atom is 0.298 e. The number of aromatic amines is 1. The molecule has 66 valence electrons. The SMILES string of the molecule is O=COc1cn[nH]c1C(Cl)(Cl)Cl. The van der Waals surface area contributed by atoms with Crippen LogP contribution in [0.4, 0.5) is 0 Å². The number of aromatic nitrogens is 2. The summed E-state index contributed by atoms with van der Waals surface area (Å²) in [7, 11) is 0. The van der Waals surface area contributed by atoms with E-state index in [1.54, 1.807) is 0 Å². The summed E-state index contributed by atoms with van der Waals surface area (Å²) in [4.78, 5) is 9.96. The highest BCUT2D eigenvalue weighted by Gasteiger charge is 2.29. The molecule has 0 aliphatic carbocycles. The number of carbonyl (C=O) groups is 1. The van der Waals surface area contributed by atoms with E-state index in [1.807, 2.05) is 0 Å². The van der Waals surface area contributed by atoms with Crippen LogP contribution < -0.4 is 4.74 Å². The number of hydrogen-bond donors (Lipinski definition) is 1. The van der Waals surface area contributed by atoms with Gasteiger partial charge in [-0.05, 0) is 0 Å². The normalized spacial score (nSPS) is 11.2. The van der Waals surface area contributed by atoms with Crippen molar-refractivity contribution in [1.29, 1.82) is 0 Å². The van der Waals surface area contributed by atoms with Crippen LogP contribution in [0.3, 0.4) is 0 Å². The van der Waals surface area contributed by atoms with Crippen molar-refractivity contribution in [3.8, 4) is 5.75 Å². The van der Waals surface area contributed by atoms with Gasteiger partial charge in [0, 0.05) is 0 Å². The van der Waals surface area contributed by atoms with Gasteiger partial charge in [-0.3, -0.25) is 9.89 Å². The lowest BCUT2D eigenvalue weighted by Crippen LogP contribution is -2.03. The molecule has 1 aromatic heterocycles. The maximum absolute atomic E-state index is 9.96. The fourth-order valence-electron chi connectivity index (χ4n) is 0.619. The minimum absolute atomic E-state index is 0.102. The molecule has 0 saturated carbocycles. The first-order chi connectivity index (χ1) is 5.55. The van der Waals surface area contributed by atoms with Crippen LogP contribution in [-0.2, 0) is 8.59 Å². The number of hydrogen-bond acceptors (Lipinski definition) is 3. The van der Waals surface area contributed by atoms with Gasteiger partial charge in [0.2, 0.25) is 3.79 Å². The van der Waals surface area contributed by atoms with Crippen LogP contribution in [0.15, 0.2) is 6.20 Å². The Morgan fingerprint density at radius 1 is 1.58 bits per heavy atom. The lowest BCUT2D eigenvalue weighted by molar-refractivity contribution is -0.120. The van der Waals surface area contributed by atoms with Gasteiger partial charge in [-0.2, -0.15) is 5.10 Å². The monoisotopic (exact) mass is 228 g/mol. The van der Waals surface area contributed by atoms with Crippen LogP contribution in [0.25, 0.3) is 0 Å². The molecule has 12 heavy (non-hydrogen) atoms. The van der Waals surface area contributed by atoms with Crippen molar-refractivity contribution >= 4 is 41.3 Å². The van der Waals surface area contributed by atoms with Gasteiger partial charge in [-0.1, -0.05) is 34.8 Å². The Kier molecular flexibility index (Phi) is 2.82. The van der Waals surface area contributed by atoms with Crippen molar-refractivity contribution in [3.05, 3.63) is 11.9 Å². The number of halogens is 3. The molecule has 0 aliphatic heterocycles. The van der Waals surface area contributed by atoms with E-state index in [2.05, 4.69) is 14.9 Å². The van der Waals surface area contributed by atoms with Crippen molar-refractivity contribution in [2.45, 2.75) is 3.79 Å². The summed E-state index contributed by atoms with van der Waals surface area (Å²) in [5.41, 5.74) is 0.125. The van der Waals surface area contributed by atoms with Crippen LogP contribution in [0.5, 0.6) is 5.75 Å². The van der Waals surface area contributed by atoms with Gasteiger partial charge >= 0.3 is 0 Å². The van der Waals surface area contributed by atoms with Crippen molar-refractivity contribution < 1.29 is 9.53 Å². The molecular weight excluding hydrogens is 226 g/mol. The highest BCUT2D eigenvalue weighted by Crippen LogP contribution is 2.41. The number of nitrogens with one attached hydrogen (secondary N) is 1. The maximum atomic E-state index is 9.96. The smallest absolute Gasteiger partial charge is 0.298 e. The third-order valence-corrected chi connectivity index (χ3v) is 1.63. The Morgan fingerprint density at radius 2 is 2.25 bits per heavy atom. The summed E-state index contributed by atoms with van der Waals surface area (Å²) in [5, 5.41) is 5.95. The van der Waals surface area contributed by atoms with Gasteiger partial charge in [0.15, 0.2) is 5.75 Å². The Morgan fingerprint density at radius 3 is 2.75 bits per heavy atom. The van der Waals surface area contributed by atoms with E-state index in [-0.39, 0.29) is 17.9 Å². The highest BCUT2D eigenvalue weighted by atomic mass is 35.6. The average Bonchev–Trinajstić information content (AvgIpc) is 2.34. The molecular formula is C5H3Cl3N2O2. The summed E-state index contributed by atoms with van der Waals surface area (Å²) >= 11 is 16.5. The first kappa shape index (κ1) is 9.64. The molecule has 0 amide bonds. The highest BCUT2D eigenvalue weighted by molar-refractivity contribution is 6.66. The van der Waals surface area contributed by atoms with Crippen molar-refractivity contribution in [2.24, 2.45) is 0 Å². The third-order valence-electron chi connectivity index (χ3n) is 1.06. The van der Waals surface area contributed by atoms with Crippen LogP contribution >= 0.6 is 34.8 Å². The summed E-state index contributed by atoms with van der Waals surface area (Å²) in [6, 6.07) is 0. The summed E-state index contributed by atoms with van der Waals surface area (Å²) < 4.78 is 2.80. The molecule has 0 unspecified atom stereocenters. The molecule has 0 atom stereocenters. The second kappa shape index (κ2) is 3.51. The van der Waals surface area contributed by atoms with Crippen LogP contribution in [0.1, 0.15) is 5.69 Å². The third kappa shape index (κ3) is 2.03. The van der Waals surface area contributed by atoms with E-state index in [0.717, 1.165) is 0 Å². The fraction of sp³-hybridized carbons (Fsp3) is 0.200. The topological polar surface area (TPSA) is 55.0 Å². The van der Waals surface area contributed by atoms with Gasteiger partial charge in [0.05, 0.1) is 6.20 Å². The van der Waals surface area contributed by atoms with E-state index in [9.17, 15) is 4.79 Å². The van der Waals surface area contributed by atoms with Gasteiger partial charge in [-0.25, -0.2) is 0 Å². The lowest BCUT2D eigenvalue weighted by Gasteiger charge is -2.08.